The van der Waals surface area contributed by atoms with Crippen LogP contribution in [0.25, 0.3) is 21.8 Å². The van der Waals surface area contributed by atoms with Crippen molar-refractivity contribution in [2.45, 2.75) is 59.2 Å². The Morgan fingerprint density at radius 3 is 1.58 bits per heavy atom. The summed E-state index contributed by atoms with van der Waals surface area (Å²) in [6, 6.07) is 27.5. The Kier molecular flexibility index (Phi) is 15.8. The normalized spacial score (nSPS) is 14.4. The van der Waals surface area contributed by atoms with Gasteiger partial charge in [-0.15, -0.1) is 0 Å². The number of aryl methyl sites for hydroxylation is 2. The first-order valence-electron chi connectivity index (χ1n) is 25.7. The van der Waals surface area contributed by atoms with E-state index in [9.17, 15) is 39.9 Å². The average molecular weight is 1130 g/mol. The number of anilines is 2. The second-order valence-electron chi connectivity index (χ2n) is 20.9. The van der Waals surface area contributed by atoms with Crippen LogP contribution in [0.2, 0.25) is 0 Å². The second kappa shape index (κ2) is 22.1. The van der Waals surface area contributed by atoms with Crippen LogP contribution in [0.4, 0.5) is 11.4 Å². The molecule has 0 bridgehead atoms. The fourth-order valence-electron chi connectivity index (χ4n) is 9.94. The first kappa shape index (κ1) is 56.4. The first-order chi connectivity index (χ1) is 37.3. The number of likely N-dealkylation sites (N-methyl/N-ethyl adjacent to an activating group) is 1. The summed E-state index contributed by atoms with van der Waals surface area (Å²) in [7, 11) is -4.87. The number of carbonyl (C=O) groups is 2. The van der Waals surface area contributed by atoms with Crippen molar-refractivity contribution in [1.29, 1.82) is 0 Å². The number of carbonyl (C=O) groups excluding carboxylic acids is 2. The summed E-state index contributed by atoms with van der Waals surface area (Å²) < 4.78 is 90.5. The molecule has 1 saturated carbocycles. The van der Waals surface area contributed by atoms with Crippen molar-refractivity contribution in [3.8, 4) is 17.2 Å². The molecule has 18 nitrogen and oxygen atoms in total. The van der Waals surface area contributed by atoms with E-state index in [-0.39, 0.29) is 66.8 Å². The zero-order chi connectivity index (χ0) is 56.9. The van der Waals surface area contributed by atoms with Crippen LogP contribution in [0, 0.1) is 19.8 Å². The lowest BCUT2D eigenvalue weighted by Gasteiger charge is -2.24. The molecular formula is C58H65N7O11S3. The van der Waals surface area contributed by atoms with E-state index >= 15 is 0 Å². The molecule has 7 aromatic rings. The van der Waals surface area contributed by atoms with Crippen molar-refractivity contribution >= 4 is 75.1 Å². The highest BCUT2D eigenvalue weighted by molar-refractivity contribution is 7.92. The molecule has 4 heterocycles. The quantitative estimate of drug-likeness (QED) is 0.0879. The lowest BCUT2D eigenvalue weighted by Crippen LogP contribution is -2.36. The topological polar surface area (TPSA) is 217 Å². The van der Waals surface area contributed by atoms with Crippen molar-refractivity contribution in [1.82, 2.24) is 24.1 Å². The van der Waals surface area contributed by atoms with Crippen molar-refractivity contribution in [3.63, 3.8) is 0 Å². The van der Waals surface area contributed by atoms with E-state index in [1.165, 1.54) is 44.5 Å². The minimum atomic E-state index is -3.76. The number of fused-ring (bicyclic) bond motifs is 4. The molecule has 0 radical (unpaired) electrons. The number of amides is 2. The molecule has 0 unspecified atom stereocenters. The molecular weight excluding hydrogens is 1070 g/mol. The number of pyridine rings is 2. The van der Waals surface area contributed by atoms with Crippen LogP contribution in [0.15, 0.2) is 97.3 Å². The van der Waals surface area contributed by atoms with Crippen LogP contribution in [0.3, 0.4) is 0 Å². The molecule has 2 aliphatic heterocycles. The standard InChI is InChI=1S/C33H38N4O7S2.C25H27N3O4S/c1-22-7-9-23(10-8-22)17-25-18-27-30(34-19-25)32(44-21-24-11-13-26(43-4)14-12-24)29-28(31(27)36(3)46(6,41)42)20-37(33(29)38)16-15-35(2)45(5,39)40;1-15-4-6-16(7-5-15)10-18-11-19-22(26-12-18)24(29)21-20(23(19)27(2)33(3,31)32)14-28(25(21)30)13-17-8-9-17/h7-14,18-19H,15-17,20-21H2,1-6H3;4-7,11-12,17,29H,8-10,13-14H2,1-3H3. The number of phenols is 1. The van der Waals surface area contributed by atoms with E-state index in [0.29, 0.717) is 69.8 Å². The number of aromatic hydroxyl groups is 1. The van der Waals surface area contributed by atoms with Crippen molar-refractivity contribution in [3.05, 3.63) is 159 Å². The van der Waals surface area contributed by atoms with E-state index in [4.69, 9.17) is 14.5 Å². The lowest BCUT2D eigenvalue weighted by molar-refractivity contribution is 0.0762. The molecule has 1 N–H and O–H groups in total. The molecule has 5 aromatic carbocycles. The Balaban J connectivity index is 0.000000202. The predicted octanol–water partition coefficient (Wildman–Crippen LogP) is 7.57. The summed E-state index contributed by atoms with van der Waals surface area (Å²) in [6.45, 7) is 5.30. The molecule has 79 heavy (non-hydrogen) atoms. The lowest BCUT2D eigenvalue weighted by atomic mass is 9.98. The Hall–Kier alpha value is -7.33. The second-order valence-corrected chi connectivity index (χ2v) is 27.0. The van der Waals surface area contributed by atoms with Gasteiger partial charge in [-0.25, -0.2) is 29.6 Å². The molecule has 0 atom stereocenters. The molecule has 416 valence electrons. The number of aromatic nitrogens is 2. The summed E-state index contributed by atoms with van der Waals surface area (Å²) in [5.74, 6) is 0.599. The Labute approximate surface area is 462 Å². The highest BCUT2D eigenvalue weighted by Gasteiger charge is 2.41. The maximum absolute atomic E-state index is 14.0. The van der Waals surface area contributed by atoms with Gasteiger partial charge in [0.15, 0.2) is 11.5 Å². The molecule has 3 aliphatic rings. The average Bonchev–Trinajstić information content (AvgIpc) is 4.31. The van der Waals surface area contributed by atoms with Crippen LogP contribution >= 0.6 is 0 Å². The van der Waals surface area contributed by atoms with E-state index in [1.807, 2.05) is 86.6 Å². The zero-order valence-corrected chi connectivity index (χ0v) is 48.2. The Morgan fingerprint density at radius 2 is 1.09 bits per heavy atom. The van der Waals surface area contributed by atoms with Gasteiger partial charge in [0.25, 0.3) is 11.8 Å². The maximum atomic E-state index is 14.0. The summed E-state index contributed by atoms with van der Waals surface area (Å²) in [5, 5.41) is 12.1. The van der Waals surface area contributed by atoms with Gasteiger partial charge in [0.1, 0.15) is 23.4 Å². The summed E-state index contributed by atoms with van der Waals surface area (Å²) in [6.07, 6.45) is 10.1. The minimum Gasteiger partial charge on any atom is -0.505 e. The van der Waals surface area contributed by atoms with Crippen molar-refractivity contribution in [2.75, 3.05) is 75.3 Å². The third-order valence-corrected chi connectivity index (χ3v) is 18.5. The van der Waals surface area contributed by atoms with Gasteiger partial charge in [0.05, 0.1) is 48.4 Å². The molecule has 1 aliphatic carbocycles. The van der Waals surface area contributed by atoms with Crippen LogP contribution < -0.4 is 18.1 Å². The summed E-state index contributed by atoms with van der Waals surface area (Å²) >= 11 is 0. The molecule has 0 saturated heterocycles. The number of sulfonamides is 3. The molecule has 21 heteroatoms. The third kappa shape index (κ3) is 12.1. The number of hydrogen-bond donors (Lipinski definition) is 1. The highest BCUT2D eigenvalue weighted by Crippen LogP contribution is 2.47. The van der Waals surface area contributed by atoms with Gasteiger partial charge in [0.2, 0.25) is 30.1 Å². The van der Waals surface area contributed by atoms with Crippen LogP contribution in [0.1, 0.15) is 83.6 Å². The van der Waals surface area contributed by atoms with Crippen LogP contribution in [0.5, 0.6) is 17.2 Å². The summed E-state index contributed by atoms with van der Waals surface area (Å²) in [5.41, 5.74) is 9.85. The largest absolute Gasteiger partial charge is 0.505 e. The van der Waals surface area contributed by atoms with E-state index < -0.39 is 36.0 Å². The number of nitrogens with zero attached hydrogens (tertiary/aromatic N) is 7. The van der Waals surface area contributed by atoms with Crippen LogP contribution in [-0.2, 0) is 62.6 Å². The maximum Gasteiger partial charge on any atom is 0.258 e. The molecule has 0 spiro atoms. The van der Waals surface area contributed by atoms with Gasteiger partial charge < -0.3 is 24.4 Å². The van der Waals surface area contributed by atoms with Crippen molar-refractivity contribution in [2.24, 2.45) is 5.92 Å². The van der Waals surface area contributed by atoms with Crippen molar-refractivity contribution < 1.29 is 49.4 Å². The number of hydrogen-bond acceptors (Lipinski definition) is 13. The Morgan fingerprint density at radius 1 is 0.620 bits per heavy atom. The van der Waals surface area contributed by atoms with Crippen LogP contribution in [-0.4, -0.2) is 133 Å². The fourth-order valence-corrected chi connectivity index (χ4v) is 11.4. The fraction of sp³-hybridized carbons (Fsp3) is 0.345. The molecule has 1 fully saturated rings. The Bertz CT molecular complexity index is 3870. The summed E-state index contributed by atoms with van der Waals surface area (Å²) in [4.78, 5) is 39.7. The number of rotatable bonds is 18. The molecule has 10 rings (SSSR count). The van der Waals surface area contributed by atoms with Gasteiger partial charge in [0, 0.05) is 88.2 Å². The smallest absolute Gasteiger partial charge is 0.258 e. The van der Waals surface area contributed by atoms with E-state index in [1.54, 1.807) is 24.4 Å². The number of phenolic OH excluding ortho intramolecular Hbond substituents is 1. The number of methoxy groups -OCH3 is 1. The van der Waals surface area contributed by atoms with Gasteiger partial charge in [-0.05, 0) is 97.5 Å². The minimum absolute atomic E-state index is 0.0658. The number of benzene rings is 5. The zero-order valence-electron chi connectivity index (χ0n) is 45.8. The number of ether oxygens (including phenoxy) is 2. The van der Waals surface area contributed by atoms with E-state index in [2.05, 4.69) is 17.1 Å². The first-order valence-corrected chi connectivity index (χ1v) is 31.2. The van der Waals surface area contributed by atoms with E-state index in [0.717, 1.165) is 65.0 Å². The SMILES string of the molecule is COc1ccc(COc2c3c(c(N(C)S(C)(=O)=O)c4cc(Cc5ccc(C)cc5)cnc24)CN(CCN(C)S(C)(=O)=O)C3=O)cc1.Cc1ccc(Cc2cnc3c(O)c4c(c(N(C)S(C)(=O)=O)c3c2)CN(CC2CC2)C4=O)cc1. The molecule has 2 aromatic heterocycles. The van der Waals surface area contributed by atoms with Gasteiger partial charge in [-0.3, -0.25) is 28.2 Å². The van der Waals surface area contributed by atoms with Gasteiger partial charge in [-0.1, -0.05) is 71.8 Å². The third-order valence-electron chi connectivity index (χ3n) is 14.8. The molecule has 2 amide bonds. The predicted molar refractivity (Wildman–Crippen MR) is 307 cm³/mol. The van der Waals surface area contributed by atoms with Gasteiger partial charge >= 0.3 is 0 Å². The highest BCUT2D eigenvalue weighted by atomic mass is 32.2. The van der Waals surface area contributed by atoms with Gasteiger partial charge in [-0.2, -0.15) is 0 Å². The monoisotopic (exact) mass is 1130 g/mol.